The third-order valence-corrected chi connectivity index (χ3v) is 4.10. The lowest BCUT2D eigenvalue weighted by molar-refractivity contribution is 0.144. The standard InChI is InChI=1S/C16H24O4/c1-18-14-9-12(10-15(19-2)16(14)20-3)13(17)8-11-6-4-5-7-11/h9-11,13,17H,4-8H2,1-3H3. The van der Waals surface area contributed by atoms with Gasteiger partial charge in [-0.25, -0.2) is 0 Å². The zero-order valence-corrected chi connectivity index (χ0v) is 12.5. The van der Waals surface area contributed by atoms with Crippen LogP contribution in [0.1, 0.15) is 43.8 Å². The minimum absolute atomic E-state index is 0.480. The van der Waals surface area contributed by atoms with Crippen LogP contribution in [0.2, 0.25) is 0 Å². The van der Waals surface area contributed by atoms with E-state index in [1.807, 2.05) is 12.1 Å². The molecule has 0 spiro atoms. The molecule has 0 bridgehead atoms. The number of benzene rings is 1. The summed E-state index contributed by atoms with van der Waals surface area (Å²) >= 11 is 0. The molecule has 0 aromatic heterocycles. The van der Waals surface area contributed by atoms with Crippen molar-refractivity contribution in [3.8, 4) is 17.2 Å². The number of methoxy groups -OCH3 is 3. The minimum Gasteiger partial charge on any atom is -0.493 e. The van der Waals surface area contributed by atoms with Crippen LogP contribution in [-0.4, -0.2) is 26.4 Å². The van der Waals surface area contributed by atoms with Crippen molar-refractivity contribution in [3.63, 3.8) is 0 Å². The molecule has 1 aliphatic carbocycles. The van der Waals surface area contributed by atoms with E-state index in [4.69, 9.17) is 14.2 Å². The Morgan fingerprint density at radius 3 is 2.05 bits per heavy atom. The summed E-state index contributed by atoms with van der Waals surface area (Å²) in [5, 5.41) is 10.4. The SMILES string of the molecule is COc1cc(C(O)CC2CCCC2)cc(OC)c1OC. The van der Waals surface area contributed by atoms with Crippen molar-refractivity contribution in [1.82, 2.24) is 0 Å². The highest BCUT2D eigenvalue weighted by atomic mass is 16.5. The minimum atomic E-state index is -0.480. The lowest BCUT2D eigenvalue weighted by atomic mass is 9.95. The van der Waals surface area contributed by atoms with Crippen LogP contribution >= 0.6 is 0 Å². The first kappa shape index (κ1) is 15.0. The Bertz CT molecular complexity index is 413. The summed E-state index contributed by atoms with van der Waals surface area (Å²) in [6.45, 7) is 0. The van der Waals surface area contributed by atoms with E-state index in [0.29, 0.717) is 23.2 Å². The second-order valence-corrected chi connectivity index (χ2v) is 5.36. The van der Waals surface area contributed by atoms with E-state index in [-0.39, 0.29) is 0 Å². The molecule has 112 valence electrons. The summed E-state index contributed by atoms with van der Waals surface area (Å²) in [5.41, 5.74) is 0.825. The quantitative estimate of drug-likeness (QED) is 0.868. The van der Waals surface area contributed by atoms with Gasteiger partial charge in [0.05, 0.1) is 27.4 Å². The Balaban J connectivity index is 2.21. The maximum atomic E-state index is 10.4. The van der Waals surface area contributed by atoms with Gasteiger partial charge in [-0.1, -0.05) is 25.7 Å². The Labute approximate surface area is 120 Å². The molecular weight excluding hydrogens is 256 g/mol. The number of aliphatic hydroxyl groups excluding tert-OH is 1. The highest BCUT2D eigenvalue weighted by Crippen LogP contribution is 2.41. The van der Waals surface area contributed by atoms with Gasteiger partial charge in [0.25, 0.3) is 0 Å². The summed E-state index contributed by atoms with van der Waals surface area (Å²) in [6.07, 6.45) is 5.34. The average molecular weight is 280 g/mol. The number of rotatable bonds is 6. The van der Waals surface area contributed by atoms with Gasteiger partial charge in [0.15, 0.2) is 11.5 Å². The number of ether oxygens (including phenoxy) is 3. The molecule has 20 heavy (non-hydrogen) atoms. The van der Waals surface area contributed by atoms with E-state index < -0.39 is 6.10 Å². The van der Waals surface area contributed by atoms with Crippen molar-refractivity contribution in [1.29, 1.82) is 0 Å². The lowest BCUT2D eigenvalue weighted by Gasteiger charge is -2.19. The zero-order valence-electron chi connectivity index (χ0n) is 12.5. The fourth-order valence-corrected chi connectivity index (χ4v) is 2.99. The topological polar surface area (TPSA) is 47.9 Å². The lowest BCUT2D eigenvalue weighted by Crippen LogP contribution is -2.06. The van der Waals surface area contributed by atoms with Crippen molar-refractivity contribution in [2.24, 2.45) is 5.92 Å². The summed E-state index contributed by atoms with van der Waals surface area (Å²) in [7, 11) is 4.75. The predicted molar refractivity (Wildman–Crippen MR) is 77.6 cm³/mol. The van der Waals surface area contributed by atoms with E-state index in [1.54, 1.807) is 21.3 Å². The third kappa shape index (κ3) is 3.18. The number of aliphatic hydroxyl groups is 1. The first-order chi connectivity index (χ1) is 9.69. The molecule has 2 rings (SSSR count). The molecule has 1 fully saturated rings. The van der Waals surface area contributed by atoms with E-state index in [0.717, 1.165) is 12.0 Å². The highest BCUT2D eigenvalue weighted by molar-refractivity contribution is 5.54. The van der Waals surface area contributed by atoms with Crippen molar-refractivity contribution in [3.05, 3.63) is 17.7 Å². The third-order valence-electron chi connectivity index (χ3n) is 4.10. The van der Waals surface area contributed by atoms with Gasteiger partial charge in [0, 0.05) is 0 Å². The molecule has 0 aliphatic heterocycles. The van der Waals surface area contributed by atoms with Gasteiger partial charge in [-0.3, -0.25) is 0 Å². The molecule has 4 nitrogen and oxygen atoms in total. The van der Waals surface area contributed by atoms with E-state index >= 15 is 0 Å². The normalized spacial score (nSPS) is 17.0. The molecule has 0 amide bonds. The second-order valence-electron chi connectivity index (χ2n) is 5.36. The monoisotopic (exact) mass is 280 g/mol. The summed E-state index contributed by atoms with van der Waals surface area (Å²) in [6, 6.07) is 3.67. The summed E-state index contributed by atoms with van der Waals surface area (Å²) in [5.74, 6) is 2.37. The second kappa shape index (κ2) is 6.84. The Morgan fingerprint density at radius 1 is 1.05 bits per heavy atom. The van der Waals surface area contributed by atoms with Crippen LogP contribution in [0, 0.1) is 5.92 Å². The number of hydrogen-bond donors (Lipinski definition) is 1. The van der Waals surface area contributed by atoms with Gasteiger partial charge >= 0.3 is 0 Å². The van der Waals surface area contributed by atoms with Crippen LogP contribution in [0.5, 0.6) is 17.2 Å². The molecule has 1 aliphatic rings. The number of hydrogen-bond acceptors (Lipinski definition) is 4. The summed E-state index contributed by atoms with van der Waals surface area (Å²) in [4.78, 5) is 0. The van der Waals surface area contributed by atoms with E-state index in [9.17, 15) is 5.11 Å². The van der Waals surface area contributed by atoms with E-state index in [1.165, 1.54) is 25.7 Å². The molecule has 1 N–H and O–H groups in total. The van der Waals surface area contributed by atoms with Crippen LogP contribution in [0.3, 0.4) is 0 Å². The fourth-order valence-electron chi connectivity index (χ4n) is 2.99. The molecule has 0 saturated heterocycles. The van der Waals surface area contributed by atoms with Crippen LogP contribution in [0.15, 0.2) is 12.1 Å². The van der Waals surface area contributed by atoms with Gasteiger partial charge in [-0.15, -0.1) is 0 Å². The molecule has 1 atom stereocenters. The van der Waals surface area contributed by atoms with Crippen LogP contribution in [-0.2, 0) is 0 Å². The highest BCUT2D eigenvalue weighted by Gasteiger charge is 2.22. The van der Waals surface area contributed by atoms with Crippen LogP contribution in [0.25, 0.3) is 0 Å². The van der Waals surface area contributed by atoms with Crippen molar-refractivity contribution in [2.45, 2.75) is 38.2 Å². The Kier molecular flexibility index (Phi) is 5.12. The van der Waals surface area contributed by atoms with Crippen molar-refractivity contribution in [2.75, 3.05) is 21.3 Å². The van der Waals surface area contributed by atoms with Gasteiger partial charge in [-0.05, 0) is 30.0 Å². The van der Waals surface area contributed by atoms with Crippen LogP contribution in [0.4, 0.5) is 0 Å². The van der Waals surface area contributed by atoms with Crippen molar-refractivity contribution < 1.29 is 19.3 Å². The maximum absolute atomic E-state index is 10.4. The molecule has 4 heteroatoms. The molecular formula is C16H24O4. The zero-order chi connectivity index (χ0) is 14.5. The smallest absolute Gasteiger partial charge is 0.203 e. The first-order valence-corrected chi connectivity index (χ1v) is 7.17. The summed E-state index contributed by atoms with van der Waals surface area (Å²) < 4.78 is 15.9. The fraction of sp³-hybridized carbons (Fsp3) is 0.625. The van der Waals surface area contributed by atoms with Gasteiger partial charge in [0.1, 0.15) is 0 Å². The van der Waals surface area contributed by atoms with E-state index in [2.05, 4.69) is 0 Å². The maximum Gasteiger partial charge on any atom is 0.203 e. The largest absolute Gasteiger partial charge is 0.493 e. The van der Waals surface area contributed by atoms with Gasteiger partial charge in [-0.2, -0.15) is 0 Å². The molecule has 0 heterocycles. The predicted octanol–water partition coefficient (Wildman–Crippen LogP) is 3.33. The Hall–Kier alpha value is -1.42. The molecule has 1 aromatic carbocycles. The van der Waals surface area contributed by atoms with Gasteiger partial charge in [0.2, 0.25) is 5.75 Å². The molecule has 0 radical (unpaired) electrons. The Morgan fingerprint density at radius 2 is 1.60 bits per heavy atom. The molecule has 1 aromatic rings. The average Bonchev–Trinajstić information content (AvgIpc) is 2.98. The molecule has 1 unspecified atom stereocenters. The van der Waals surface area contributed by atoms with Gasteiger partial charge < -0.3 is 19.3 Å². The van der Waals surface area contributed by atoms with Crippen molar-refractivity contribution >= 4 is 0 Å². The van der Waals surface area contributed by atoms with Crippen LogP contribution < -0.4 is 14.2 Å². The first-order valence-electron chi connectivity index (χ1n) is 7.17. The molecule has 1 saturated carbocycles.